The Morgan fingerprint density at radius 3 is 1.50 bits per heavy atom. The van der Waals surface area contributed by atoms with Gasteiger partial charge in [0.15, 0.2) is 5.78 Å². The quantitative estimate of drug-likeness (QED) is 0.644. The van der Waals surface area contributed by atoms with Crippen molar-refractivity contribution >= 4 is 22.5 Å². The normalized spacial score (nSPS) is 14.0. The first-order valence-corrected chi connectivity index (χ1v) is 8.01. The molecule has 0 heterocycles. The van der Waals surface area contributed by atoms with Crippen molar-refractivity contribution in [1.82, 2.24) is 0 Å². The minimum absolute atomic E-state index is 0.0891. The summed E-state index contributed by atoms with van der Waals surface area (Å²) in [6.07, 6.45) is 2.02. The van der Waals surface area contributed by atoms with E-state index in [2.05, 4.69) is 12.1 Å². The maximum Gasteiger partial charge on any atom is 0.194 e. The number of benzene rings is 3. The van der Waals surface area contributed by atoms with Crippen molar-refractivity contribution in [3.05, 3.63) is 114 Å². The van der Waals surface area contributed by atoms with E-state index in [0.717, 1.165) is 33.4 Å². The third-order valence-corrected chi connectivity index (χ3v) is 4.26. The van der Waals surface area contributed by atoms with Crippen LogP contribution in [0, 0.1) is 0 Å². The Balaban J connectivity index is 1.90. The summed E-state index contributed by atoms with van der Waals surface area (Å²) in [7, 11) is 0. The van der Waals surface area contributed by atoms with E-state index in [4.69, 9.17) is 0 Å². The molecular weight excluding hydrogens is 292 g/mol. The van der Waals surface area contributed by atoms with Gasteiger partial charge in [0.1, 0.15) is 0 Å². The Hall–Kier alpha value is -3.19. The molecule has 3 aromatic carbocycles. The molecule has 0 aromatic heterocycles. The van der Waals surface area contributed by atoms with Gasteiger partial charge in [-0.1, -0.05) is 91.0 Å². The van der Waals surface area contributed by atoms with Crippen LogP contribution in [0.2, 0.25) is 0 Å². The number of hydrogen-bond acceptors (Lipinski definition) is 1. The summed E-state index contributed by atoms with van der Waals surface area (Å²) in [5.41, 5.74) is 5.51. The lowest BCUT2D eigenvalue weighted by Crippen LogP contribution is -2.01. The molecule has 0 saturated heterocycles. The Bertz CT molecular complexity index is 933. The van der Waals surface area contributed by atoms with Crippen LogP contribution in [0.15, 0.2) is 97.1 Å². The van der Waals surface area contributed by atoms with Crippen LogP contribution in [-0.2, 0) is 4.79 Å². The second kappa shape index (κ2) is 6.13. The second-order valence-electron chi connectivity index (χ2n) is 5.77. The fraction of sp³-hybridized carbons (Fsp3) is 0. The lowest BCUT2D eigenvalue weighted by molar-refractivity contribution is -0.108. The van der Waals surface area contributed by atoms with Gasteiger partial charge in [0.05, 0.1) is 0 Å². The monoisotopic (exact) mass is 308 g/mol. The van der Waals surface area contributed by atoms with Crippen LogP contribution in [0.4, 0.5) is 0 Å². The van der Waals surface area contributed by atoms with Crippen molar-refractivity contribution in [2.75, 3.05) is 0 Å². The summed E-state index contributed by atoms with van der Waals surface area (Å²) in [5.74, 6) is 0.0891. The summed E-state index contributed by atoms with van der Waals surface area (Å²) >= 11 is 0. The van der Waals surface area contributed by atoms with Crippen LogP contribution in [0.5, 0.6) is 0 Å². The summed E-state index contributed by atoms with van der Waals surface area (Å²) in [4.78, 5) is 13.2. The maximum absolute atomic E-state index is 13.2. The molecule has 1 nitrogen and oxygen atoms in total. The predicted molar refractivity (Wildman–Crippen MR) is 99.1 cm³/mol. The number of ketones is 1. The molecule has 0 amide bonds. The van der Waals surface area contributed by atoms with Gasteiger partial charge < -0.3 is 0 Å². The van der Waals surface area contributed by atoms with Crippen molar-refractivity contribution in [1.29, 1.82) is 0 Å². The zero-order chi connectivity index (χ0) is 16.4. The number of rotatable bonds is 3. The topological polar surface area (TPSA) is 17.1 Å². The van der Waals surface area contributed by atoms with E-state index in [1.807, 2.05) is 84.9 Å². The zero-order valence-corrected chi connectivity index (χ0v) is 13.1. The first-order chi connectivity index (χ1) is 11.8. The van der Waals surface area contributed by atoms with Crippen molar-refractivity contribution in [2.24, 2.45) is 0 Å². The molecule has 0 unspecified atom stereocenters. The number of carbonyl (C=O) groups is 1. The molecule has 24 heavy (non-hydrogen) atoms. The maximum atomic E-state index is 13.2. The Morgan fingerprint density at radius 2 is 0.958 bits per heavy atom. The van der Waals surface area contributed by atoms with Crippen molar-refractivity contribution in [3.63, 3.8) is 0 Å². The summed E-state index contributed by atoms with van der Waals surface area (Å²) in [5, 5.41) is 0. The Morgan fingerprint density at radius 1 is 0.500 bits per heavy atom. The Kier molecular flexibility index (Phi) is 3.68. The largest absolute Gasteiger partial charge is 0.289 e. The van der Waals surface area contributed by atoms with Crippen molar-refractivity contribution < 1.29 is 4.79 Å². The fourth-order valence-electron chi connectivity index (χ4n) is 3.11. The van der Waals surface area contributed by atoms with E-state index in [1.165, 1.54) is 0 Å². The predicted octanol–water partition coefficient (Wildman–Crippen LogP) is 5.26. The third-order valence-electron chi connectivity index (χ3n) is 4.26. The molecule has 0 saturated carbocycles. The minimum atomic E-state index is 0.0891. The van der Waals surface area contributed by atoms with Gasteiger partial charge in [0.2, 0.25) is 0 Å². The van der Waals surface area contributed by atoms with Gasteiger partial charge in [0.25, 0.3) is 0 Å². The van der Waals surface area contributed by atoms with Crippen molar-refractivity contribution in [2.45, 2.75) is 0 Å². The third kappa shape index (κ3) is 2.50. The zero-order valence-electron chi connectivity index (χ0n) is 13.1. The van der Waals surface area contributed by atoms with E-state index in [0.29, 0.717) is 0 Å². The molecule has 114 valence electrons. The van der Waals surface area contributed by atoms with E-state index in [9.17, 15) is 4.79 Å². The molecule has 0 aliphatic heterocycles. The number of Topliss-reactive ketones (excluding diaryl/α,β-unsaturated/α-hetero) is 1. The van der Waals surface area contributed by atoms with Gasteiger partial charge in [-0.15, -0.1) is 0 Å². The van der Waals surface area contributed by atoms with Crippen LogP contribution in [0.3, 0.4) is 0 Å². The highest BCUT2D eigenvalue weighted by Gasteiger charge is 2.28. The second-order valence-corrected chi connectivity index (χ2v) is 5.77. The Labute approximate surface area is 141 Å². The van der Waals surface area contributed by atoms with Gasteiger partial charge in [-0.05, 0) is 28.3 Å². The van der Waals surface area contributed by atoms with E-state index in [-0.39, 0.29) is 5.78 Å². The molecule has 0 N–H and O–H groups in total. The molecule has 0 fully saturated rings. The summed E-state index contributed by atoms with van der Waals surface area (Å²) < 4.78 is 0. The SMILES string of the molecule is O=C1C(c2ccccc2)=CC(c2ccccc2)=C1c1ccccc1. The average molecular weight is 308 g/mol. The first-order valence-electron chi connectivity index (χ1n) is 8.01. The molecule has 1 aliphatic carbocycles. The smallest absolute Gasteiger partial charge is 0.194 e. The molecule has 0 radical (unpaired) electrons. The number of allylic oxidation sites excluding steroid dienone is 4. The molecule has 0 bridgehead atoms. The van der Waals surface area contributed by atoms with Gasteiger partial charge >= 0.3 is 0 Å². The van der Waals surface area contributed by atoms with E-state index >= 15 is 0 Å². The van der Waals surface area contributed by atoms with Crippen LogP contribution in [-0.4, -0.2) is 5.78 Å². The summed E-state index contributed by atoms with van der Waals surface area (Å²) in [6.45, 7) is 0. The molecule has 0 spiro atoms. The average Bonchev–Trinajstić information content (AvgIpc) is 3.01. The molecule has 1 aliphatic rings. The lowest BCUT2D eigenvalue weighted by atomic mass is 9.95. The van der Waals surface area contributed by atoms with Gasteiger partial charge in [0, 0.05) is 11.1 Å². The fourth-order valence-corrected chi connectivity index (χ4v) is 3.11. The van der Waals surface area contributed by atoms with Gasteiger partial charge in [-0.3, -0.25) is 4.79 Å². The van der Waals surface area contributed by atoms with Crippen LogP contribution < -0.4 is 0 Å². The van der Waals surface area contributed by atoms with E-state index in [1.54, 1.807) is 0 Å². The lowest BCUT2D eigenvalue weighted by Gasteiger charge is -2.07. The summed E-state index contributed by atoms with van der Waals surface area (Å²) in [6, 6.07) is 29.9. The number of hydrogen-bond donors (Lipinski definition) is 0. The molecular formula is C23H16O. The van der Waals surface area contributed by atoms with Crippen molar-refractivity contribution in [3.8, 4) is 0 Å². The highest BCUT2D eigenvalue weighted by atomic mass is 16.1. The van der Waals surface area contributed by atoms with E-state index < -0.39 is 0 Å². The van der Waals surface area contributed by atoms with Gasteiger partial charge in [-0.2, -0.15) is 0 Å². The molecule has 1 heteroatoms. The first kappa shape index (κ1) is 14.4. The van der Waals surface area contributed by atoms with Crippen LogP contribution >= 0.6 is 0 Å². The molecule has 3 aromatic rings. The van der Waals surface area contributed by atoms with Crippen LogP contribution in [0.1, 0.15) is 16.7 Å². The highest BCUT2D eigenvalue weighted by Crippen LogP contribution is 2.39. The standard InChI is InChI=1S/C23H16O/c24-23-21(18-12-6-2-7-13-18)16-20(17-10-4-1-5-11-17)22(23)19-14-8-3-9-15-19/h1-16H. The minimum Gasteiger partial charge on any atom is -0.289 e. The van der Waals surface area contributed by atoms with Crippen LogP contribution in [0.25, 0.3) is 16.7 Å². The highest BCUT2D eigenvalue weighted by molar-refractivity contribution is 6.51. The van der Waals surface area contributed by atoms with Gasteiger partial charge in [-0.25, -0.2) is 0 Å². The molecule has 4 rings (SSSR count). The number of carbonyl (C=O) groups excluding carboxylic acids is 1. The molecule has 0 atom stereocenters.